The van der Waals surface area contributed by atoms with Crippen LogP contribution in [0.25, 0.3) is 0 Å². The maximum Gasteiger partial charge on any atom is 0.417 e. The van der Waals surface area contributed by atoms with Crippen molar-refractivity contribution in [2.45, 2.75) is 50.7 Å². The zero-order valence-electron chi connectivity index (χ0n) is 19.4. The fraction of sp³-hybridized carbons (Fsp3) is 0.625. The van der Waals surface area contributed by atoms with Gasteiger partial charge in [0.25, 0.3) is 0 Å². The second kappa shape index (κ2) is 11.6. The smallest absolute Gasteiger partial charge is 0.383 e. The van der Waals surface area contributed by atoms with Crippen molar-refractivity contribution in [2.24, 2.45) is 5.92 Å². The lowest BCUT2D eigenvalue weighted by Gasteiger charge is -2.42. The molecule has 1 saturated carbocycles. The minimum atomic E-state index is -4.67. The van der Waals surface area contributed by atoms with Gasteiger partial charge in [-0.2, -0.15) is 18.4 Å². The Balaban J connectivity index is 1.80. The Morgan fingerprint density at radius 3 is 2.59 bits per heavy atom. The predicted octanol–water partition coefficient (Wildman–Crippen LogP) is 3.33. The first-order chi connectivity index (χ1) is 16.2. The summed E-state index contributed by atoms with van der Waals surface area (Å²) in [5.41, 5.74) is -1.20. The number of piperazine rings is 1. The second-order valence-corrected chi connectivity index (χ2v) is 8.88. The number of amides is 2. The van der Waals surface area contributed by atoms with E-state index in [9.17, 15) is 22.8 Å². The molecule has 1 saturated heterocycles. The van der Waals surface area contributed by atoms with Gasteiger partial charge in [-0.1, -0.05) is 19.3 Å². The average Bonchev–Trinajstić information content (AvgIpc) is 2.83. The van der Waals surface area contributed by atoms with Crippen LogP contribution in [0.2, 0.25) is 0 Å². The van der Waals surface area contributed by atoms with E-state index in [0.29, 0.717) is 25.5 Å². The molecular weight excluding hydrogens is 449 g/mol. The van der Waals surface area contributed by atoms with Crippen LogP contribution < -0.4 is 10.2 Å². The first-order valence-electron chi connectivity index (χ1n) is 11.7. The molecule has 186 valence electrons. The number of rotatable bonds is 7. The number of halogens is 3. The van der Waals surface area contributed by atoms with Crippen molar-refractivity contribution in [3.63, 3.8) is 0 Å². The van der Waals surface area contributed by atoms with Gasteiger partial charge in [0.1, 0.15) is 6.04 Å². The first-order valence-corrected chi connectivity index (χ1v) is 11.7. The summed E-state index contributed by atoms with van der Waals surface area (Å²) in [5.74, 6) is -0.137. The van der Waals surface area contributed by atoms with E-state index >= 15 is 0 Å². The third kappa shape index (κ3) is 6.41. The highest BCUT2D eigenvalue weighted by Crippen LogP contribution is 2.35. The average molecular weight is 481 g/mol. The molecule has 1 atom stereocenters. The number of alkyl halides is 3. The molecule has 34 heavy (non-hydrogen) atoms. The van der Waals surface area contributed by atoms with E-state index in [-0.39, 0.29) is 37.1 Å². The monoisotopic (exact) mass is 480 g/mol. The number of anilines is 1. The molecule has 10 heteroatoms. The van der Waals surface area contributed by atoms with Crippen LogP contribution in [-0.2, 0) is 20.5 Å². The number of carbonyl (C=O) groups excluding carboxylic acids is 2. The third-order valence-electron chi connectivity index (χ3n) is 6.59. The van der Waals surface area contributed by atoms with Gasteiger partial charge in [0.2, 0.25) is 11.8 Å². The Kier molecular flexibility index (Phi) is 8.78. The predicted molar refractivity (Wildman–Crippen MR) is 120 cm³/mol. The number of ether oxygens (including phenoxy) is 1. The molecule has 7 nitrogen and oxygen atoms in total. The molecule has 1 N–H and O–H groups in total. The standard InChI is InChI=1S/C24H31F3N4O3/c1-34-12-9-29-23(33)21-16-30(19-8-7-18(15-28)20(14-19)24(25,26)27)10-11-31(21)22(32)13-17-5-3-2-4-6-17/h7-8,14,17,21H,2-6,9-13,16H2,1H3,(H,29,33). The Hall–Kier alpha value is -2.80. The first kappa shape index (κ1) is 25.8. The Bertz CT molecular complexity index is 910. The van der Waals surface area contributed by atoms with E-state index in [1.54, 1.807) is 15.9 Å². The molecule has 0 radical (unpaired) electrons. The van der Waals surface area contributed by atoms with Crippen LogP contribution in [0.3, 0.4) is 0 Å². The van der Waals surface area contributed by atoms with Gasteiger partial charge in [-0.05, 0) is 37.0 Å². The van der Waals surface area contributed by atoms with Crippen molar-refractivity contribution >= 4 is 17.5 Å². The molecule has 1 heterocycles. The van der Waals surface area contributed by atoms with Crippen LogP contribution in [-0.4, -0.2) is 62.7 Å². The summed E-state index contributed by atoms with van der Waals surface area (Å²) in [5, 5.41) is 11.8. The largest absolute Gasteiger partial charge is 0.417 e. The van der Waals surface area contributed by atoms with Gasteiger partial charge in [0, 0.05) is 45.4 Å². The zero-order valence-corrected chi connectivity index (χ0v) is 19.4. The molecule has 0 bridgehead atoms. The lowest BCUT2D eigenvalue weighted by atomic mass is 9.86. The van der Waals surface area contributed by atoms with Crippen molar-refractivity contribution in [3.8, 4) is 6.07 Å². The van der Waals surface area contributed by atoms with Crippen LogP contribution >= 0.6 is 0 Å². The molecule has 1 aliphatic heterocycles. The quantitative estimate of drug-likeness (QED) is 0.605. The Morgan fingerprint density at radius 1 is 1.21 bits per heavy atom. The Morgan fingerprint density at radius 2 is 1.94 bits per heavy atom. The molecule has 0 aromatic heterocycles. The highest BCUT2D eigenvalue weighted by Gasteiger charge is 2.38. The van der Waals surface area contributed by atoms with Crippen molar-refractivity contribution in [2.75, 3.05) is 44.8 Å². The summed E-state index contributed by atoms with van der Waals surface area (Å²) in [6, 6.07) is 4.29. The molecule has 1 aliphatic carbocycles. The summed E-state index contributed by atoms with van der Waals surface area (Å²) in [6.45, 7) is 1.17. The summed E-state index contributed by atoms with van der Waals surface area (Å²) >= 11 is 0. The van der Waals surface area contributed by atoms with E-state index < -0.39 is 23.3 Å². The highest BCUT2D eigenvalue weighted by atomic mass is 19.4. The number of hydrogen-bond donors (Lipinski definition) is 1. The fourth-order valence-corrected chi connectivity index (χ4v) is 4.75. The SMILES string of the molecule is COCCNC(=O)C1CN(c2ccc(C#N)c(C(F)(F)F)c2)CCN1C(=O)CC1CCCCC1. The van der Waals surface area contributed by atoms with Crippen molar-refractivity contribution in [1.82, 2.24) is 10.2 Å². The summed E-state index contributed by atoms with van der Waals surface area (Å²) in [7, 11) is 1.51. The summed E-state index contributed by atoms with van der Waals surface area (Å²) < 4.78 is 45.3. The zero-order chi connectivity index (χ0) is 24.7. The number of nitriles is 1. The van der Waals surface area contributed by atoms with Crippen LogP contribution in [0.4, 0.5) is 18.9 Å². The third-order valence-corrected chi connectivity index (χ3v) is 6.59. The number of hydrogen-bond acceptors (Lipinski definition) is 5. The molecule has 1 unspecified atom stereocenters. The van der Waals surface area contributed by atoms with Crippen molar-refractivity contribution in [3.05, 3.63) is 29.3 Å². The van der Waals surface area contributed by atoms with Gasteiger partial charge in [0.15, 0.2) is 0 Å². The van der Waals surface area contributed by atoms with Gasteiger partial charge in [-0.3, -0.25) is 9.59 Å². The van der Waals surface area contributed by atoms with Gasteiger partial charge in [-0.15, -0.1) is 0 Å². The topological polar surface area (TPSA) is 85.7 Å². The maximum absolute atomic E-state index is 13.5. The Labute approximate surface area is 197 Å². The summed E-state index contributed by atoms with van der Waals surface area (Å²) in [6.07, 6.45) is 1.11. The molecule has 1 aromatic rings. The molecule has 2 amide bonds. The molecule has 2 aliphatic rings. The normalized spacial score (nSPS) is 19.6. The minimum absolute atomic E-state index is 0.0679. The minimum Gasteiger partial charge on any atom is -0.383 e. The number of methoxy groups -OCH3 is 1. The van der Waals surface area contributed by atoms with E-state index in [2.05, 4.69) is 5.32 Å². The molecule has 3 rings (SSSR count). The highest BCUT2D eigenvalue weighted by molar-refractivity contribution is 5.89. The number of nitrogens with zero attached hydrogens (tertiary/aromatic N) is 3. The van der Waals surface area contributed by atoms with Gasteiger partial charge >= 0.3 is 6.18 Å². The fourth-order valence-electron chi connectivity index (χ4n) is 4.75. The number of carbonyl (C=O) groups is 2. The van der Waals surface area contributed by atoms with Crippen molar-refractivity contribution < 1.29 is 27.5 Å². The molecule has 0 spiro atoms. The van der Waals surface area contributed by atoms with E-state index in [1.165, 1.54) is 19.6 Å². The van der Waals surface area contributed by atoms with Crippen LogP contribution in [0.15, 0.2) is 18.2 Å². The second-order valence-electron chi connectivity index (χ2n) is 8.88. The molecular formula is C24H31F3N4O3. The molecule has 1 aromatic carbocycles. The lowest BCUT2D eigenvalue weighted by Crippen LogP contribution is -2.61. The van der Waals surface area contributed by atoms with Crippen LogP contribution in [0, 0.1) is 17.2 Å². The van der Waals surface area contributed by atoms with Crippen LogP contribution in [0.1, 0.15) is 49.7 Å². The van der Waals surface area contributed by atoms with E-state index in [1.807, 2.05) is 0 Å². The van der Waals surface area contributed by atoms with Crippen molar-refractivity contribution in [1.29, 1.82) is 5.26 Å². The van der Waals surface area contributed by atoms with E-state index in [0.717, 1.165) is 37.8 Å². The number of nitrogens with one attached hydrogen (secondary N) is 1. The van der Waals surface area contributed by atoms with Gasteiger partial charge in [-0.25, -0.2) is 0 Å². The maximum atomic E-state index is 13.5. The van der Waals surface area contributed by atoms with Crippen LogP contribution in [0.5, 0.6) is 0 Å². The van der Waals surface area contributed by atoms with E-state index in [4.69, 9.17) is 10.00 Å². The van der Waals surface area contributed by atoms with Gasteiger partial charge < -0.3 is 19.9 Å². The number of benzene rings is 1. The van der Waals surface area contributed by atoms with Gasteiger partial charge in [0.05, 0.1) is 23.8 Å². The summed E-state index contributed by atoms with van der Waals surface area (Å²) in [4.78, 5) is 29.4. The lowest BCUT2D eigenvalue weighted by molar-refractivity contribution is -0.142. The molecule has 2 fully saturated rings.